The van der Waals surface area contributed by atoms with Crippen molar-refractivity contribution in [3.8, 4) is 0 Å². The molecule has 27 heavy (non-hydrogen) atoms. The summed E-state index contributed by atoms with van der Waals surface area (Å²) in [6, 6.07) is 0. The van der Waals surface area contributed by atoms with Gasteiger partial charge in [-0.3, -0.25) is 5.32 Å². The van der Waals surface area contributed by atoms with E-state index in [0.29, 0.717) is 6.54 Å². The molecule has 0 aliphatic carbocycles. The Morgan fingerprint density at radius 2 is 1.59 bits per heavy atom. The molecule has 156 valence electrons. The Balaban J connectivity index is 5.35. The van der Waals surface area contributed by atoms with Gasteiger partial charge < -0.3 is 19.2 Å². The highest BCUT2D eigenvalue weighted by atomic mass is 28.3. The maximum absolute atomic E-state index is 12.1. The first-order valence-electron chi connectivity index (χ1n) is 9.24. The average molecular weight is 401 g/mol. The lowest BCUT2D eigenvalue weighted by Crippen LogP contribution is -2.52. The van der Waals surface area contributed by atoms with Gasteiger partial charge in [-0.15, -0.1) is 0 Å². The van der Waals surface area contributed by atoms with Crippen LogP contribution in [0.5, 0.6) is 0 Å². The second-order valence-electron chi connectivity index (χ2n) is 7.72. The van der Waals surface area contributed by atoms with Crippen LogP contribution in [0.3, 0.4) is 0 Å². The molecule has 0 aromatic heterocycles. The van der Waals surface area contributed by atoms with Gasteiger partial charge in [-0.25, -0.2) is 9.59 Å². The van der Waals surface area contributed by atoms with E-state index in [1.807, 2.05) is 13.1 Å². The molecule has 0 heterocycles. The lowest BCUT2D eigenvalue weighted by molar-refractivity contribution is 0.0294. The van der Waals surface area contributed by atoms with Crippen LogP contribution in [-0.2, 0) is 13.9 Å². The quantitative estimate of drug-likeness (QED) is 0.315. The molecule has 0 fully saturated rings. The highest BCUT2D eigenvalue weighted by Crippen LogP contribution is 2.33. The van der Waals surface area contributed by atoms with E-state index in [2.05, 4.69) is 51.5 Å². The summed E-state index contributed by atoms with van der Waals surface area (Å²) in [7, 11) is -1.48. The van der Waals surface area contributed by atoms with Crippen LogP contribution in [-0.4, -0.2) is 47.2 Å². The van der Waals surface area contributed by atoms with Crippen molar-refractivity contribution in [2.45, 2.75) is 47.0 Å². The molecule has 0 bridgehead atoms. The van der Waals surface area contributed by atoms with E-state index in [4.69, 9.17) is 13.9 Å². The fourth-order valence-corrected chi connectivity index (χ4v) is 3.26. The SMILES string of the molecule is C=CCOC(=O)NCC(C(NC(=O)OCC=C)O[SiH](C)C)C(C)C(C)(C)C. The van der Waals surface area contributed by atoms with E-state index < -0.39 is 27.5 Å². The number of hydrogen-bond donors (Lipinski definition) is 2. The van der Waals surface area contributed by atoms with E-state index in [1.54, 1.807) is 0 Å². The summed E-state index contributed by atoms with van der Waals surface area (Å²) in [5, 5.41) is 5.56. The molecule has 3 unspecified atom stereocenters. The minimum atomic E-state index is -1.48. The molecular weight excluding hydrogens is 364 g/mol. The minimum Gasteiger partial charge on any atom is -0.445 e. The van der Waals surface area contributed by atoms with Gasteiger partial charge in [0.2, 0.25) is 0 Å². The maximum Gasteiger partial charge on any atom is 0.409 e. The molecule has 2 amide bonds. The first kappa shape index (κ1) is 25.2. The molecule has 0 spiro atoms. The Hall–Kier alpha value is -1.80. The Kier molecular flexibility index (Phi) is 11.7. The zero-order valence-electron chi connectivity index (χ0n) is 17.5. The number of nitrogens with one attached hydrogen (secondary N) is 2. The molecule has 2 N–H and O–H groups in total. The third-order valence-corrected chi connectivity index (χ3v) is 5.06. The predicted molar refractivity (Wildman–Crippen MR) is 110 cm³/mol. The van der Waals surface area contributed by atoms with Gasteiger partial charge in [-0.2, -0.15) is 0 Å². The van der Waals surface area contributed by atoms with Crippen molar-refractivity contribution in [1.29, 1.82) is 0 Å². The number of rotatable bonds is 11. The topological polar surface area (TPSA) is 85.9 Å². The summed E-state index contributed by atoms with van der Waals surface area (Å²) in [6.07, 6.45) is 1.31. The maximum atomic E-state index is 12.1. The molecule has 0 rings (SSSR count). The number of alkyl carbamates (subject to hydrolysis) is 2. The van der Waals surface area contributed by atoms with Gasteiger partial charge in [0.15, 0.2) is 9.04 Å². The first-order chi connectivity index (χ1) is 12.5. The monoisotopic (exact) mass is 400 g/mol. The standard InChI is InChI=1S/C19H36N2O5Si/c1-9-11-24-17(22)20-13-15(14(3)19(4,5)6)16(26-27(7)8)21-18(23)25-12-10-2/h9-10,14-16,27H,1-2,11-13H2,3-8H3,(H,20,22)(H,21,23). The average Bonchev–Trinajstić information content (AvgIpc) is 2.56. The second kappa shape index (κ2) is 12.6. The van der Waals surface area contributed by atoms with E-state index in [-0.39, 0.29) is 30.5 Å². The van der Waals surface area contributed by atoms with Gasteiger partial charge >= 0.3 is 12.2 Å². The van der Waals surface area contributed by atoms with Crippen LogP contribution in [0.15, 0.2) is 25.3 Å². The molecule has 0 aromatic carbocycles. The van der Waals surface area contributed by atoms with Gasteiger partial charge in [-0.1, -0.05) is 53.0 Å². The van der Waals surface area contributed by atoms with E-state index in [0.717, 1.165) is 0 Å². The number of carbonyl (C=O) groups excluding carboxylic acids is 2. The third-order valence-electron chi connectivity index (χ3n) is 4.22. The van der Waals surface area contributed by atoms with E-state index >= 15 is 0 Å². The molecule has 0 saturated heterocycles. The van der Waals surface area contributed by atoms with E-state index in [9.17, 15) is 9.59 Å². The number of ether oxygens (including phenoxy) is 2. The summed E-state index contributed by atoms with van der Waals surface area (Å²) in [4.78, 5) is 23.9. The normalized spacial score (nSPS) is 14.6. The van der Waals surface area contributed by atoms with Crippen LogP contribution in [0.25, 0.3) is 0 Å². The summed E-state index contributed by atoms with van der Waals surface area (Å²) in [5.41, 5.74) is -0.0653. The molecule has 0 aromatic rings. The van der Waals surface area contributed by atoms with Crippen molar-refractivity contribution in [3.63, 3.8) is 0 Å². The zero-order valence-corrected chi connectivity index (χ0v) is 18.7. The van der Waals surface area contributed by atoms with Gasteiger partial charge in [-0.05, 0) is 24.4 Å². The van der Waals surface area contributed by atoms with Crippen molar-refractivity contribution in [2.24, 2.45) is 17.3 Å². The number of carbonyl (C=O) groups is 2. The Bertz CT molecular complexity index is 491. The predicted octanol–water partition coefficient (Wildman–Crippen LogP) is 3.44. The summed E-state index contributed by atoms with van der Waals surface area (Å²) in [6.45, 7) is 20.1. The number of hydrogen-bond acceptors (Lipinski definition) is 5. The molecule has 0 aliphatic rings. The fourth-order valence-electron chi connectivity index (χ4n) is 2.40. The molecule has 0 saturated carbocycles. The Labute approximate surface area is 165 Å². The highest BCUT2D eigenvalue weighted by molar-refractivity contribution is 6.48. The zero-order chi connectivity index (χ0) is 21.0. The third kappa shape index (κ3) is 10.8. The molecular formula is C19H36N2O5Si. The van der Waals surface area contributed by atoms with E-state index in [1.165, 1.54) is 12.2 Å². The van der Waals surface area contributed by atoms with Crippen molar-refractivity contribution in [3.05, 3.63) is 25.3 Å². The second-order valence-corrected chi connectivity index (χ2v) is 10.1. The fraction of sp³-hybridized carbons (Fsp3) is 0.684. The smallest absolute Gasteiger partial charge is 0.409 e. The lowest BCUT2D eigenvalue weighted by Gasteiger charge is -2.39. The van der Waals surface area contributed by atoms with Gasteiger partial charge in [0.25, 0.3) is 0 Å². The van der Waals surface area contributed by atoms with Crippen molar-refractivity contribution in [2.75, 3.05) is 19.8 Å². The molecule has 0 aliphatic heterocycles. The Morgan fingerprint density at radius 1 is 1.07 bits per heavy atom. The lowest BCUT2D eigenvalue weighted by atomic mass is 9.73. The van der Waals surface area contributed by atoms with Crippen LogP contribution in [0, 0.1) is 17.3 Å². The van der Waals surface area contributed by atoms with Crippen LogP contribution in [0.4, 0.5) is 9.59 Å². The van der Waals surface area contributed by atoms with Gasteiger partial charge in [0.05, 0.1) is 0 Å². The largest absolute Gasteiger partial charge is 0.445 e. The van der Waals surface area contributed by atoms with Crippen molar-refractivity contribution >= 4 is 21.2 Å². The Morgan fingerprint density at radius 3 is 2.04 bits per heavy atom. The van der Waals surface area contributed by atoms with Gasteiger partial charge in [0.1, 0.15) is 19.4 Å². The van der Waals surface area contributed by atoms with Crippen LogP contribution in [0.2, 0.25) is 13.1 Å². The highest BCUT2D eigenvalue weighted by Gasteiger charge is 2.36. The van der Waals surface area contributed by atoms with Crippen molar-refractivity contribution < 1.29 is 23.5 Å². The summed E-state index contributed by atoms with van der Waals surface area (Å²) in [5.74, 6) is -0.0536. The van der Waals surface area contributed by atoms with Crippen LogP contribution in [0.1, 0.15) is 27.7 Å². The minimum absolute atomic E-state index is 0.0653. The first-order valence-corrected chi connectivity index (χ1v) is 12.0. The van der Waals surface area contributed by atoms with Crippen LogP contribution >= 0.6 is 0 Å². The summed E-state index contributed by atoms with van der Waals surface area (Å²) < 4.78 is 16.1. The molecule has 8 heteroatoms. The van der Waals surface area contributed by atoms with Crippen LogP contribution < -0.4 is 10.6 Å². The molecule has 3 atom stereocenters. The molecule has 7 nitrogen and oxygen atoms in total. The molecule has 0 radical (unpaired) electrons. The summed E-state index contributed by atoms with van der Waals surface area (Å²) >= 11 is 0. The van der Waals surface area contributed by atoms with Gasteiger partial charge in [0, 0.05) is 12.5 Å². The van der Waals surface area contributed by atoms with Crippen molar-refractivity contribution in [1.82, 2.24) is 10.6 Å². The number of amides is 2.